The van der Waals surface area contributed by atoms with Crippen LogP contribution in [0.1, 0.15) is 17.2 Å². The van der Waals surface area contributed by atoms with Gasteiger partial charge in [0.15, 0.2) is 17.5 Å². The summed E-state index contributed by atoms with van der Waals surface area (Å²) in [6.07, 6.45) is 0. The Hall–Kier alpha value is -2.73. The number of likely N-dealkylation sites (N-methyl/N-ethyl adjacent to an activating group) is 1. The zero-order valence-corrected chi connectivity index (χ0v) is 19.1. The molecule has 31 heavy (non-hydrogen) atoms. The number of ether oxygens (including phenoxy) is 2. The first-order valence-corrected chi connectivity index (χ1v) is 10.5. The fourth-order valence-corrected chi connectivity index (χ4v) is 4.17. The Bertz CT molecular complexity index is 1020. The largest absolute Gasteiger partial charge is 0.493 e. The molecule has 0 heterocycles. The molecule has 162 valence electrons. The van der Waals surface area contributed by atoms with E-state index in [1.54, 1.807) is 32.4 Å². The van der Waals surface area contributed by atoms with Crippen LogP contribution in [0.4, 0.5) is 5.69 Å². The zero-order valence-electron chi connectivity index (χ0n) is 17.6. The normalized spacial score (nSPS) is 12.7. The van der Waals surface area contributed by atoms with Gasteiger partial charge in [0.1, 0.15) is 6.54 Å². The summed E-state index contributed by atoms with van der Waals surface area (Å²) in [5.74, 6) is 1.16. The molecule has 3 rings (SSSR count). The van der Waals surface area contributed by atoms with Gasteiger partial charge in [-0.15, -0.1) is 0 Å². The maximum Gasteiger partial charge on any atom is 0.287 e. The molecule has 0 aliphatic rings. The van der Waals surface area contributed by atoms with E-state index in [4.69, 9.17) is 32.7 Å². The molecule has 7 heteroatoms. The third-order valence-electron chi connectivity index (χ3n) is 4.97. The van der Waals surface area contributed by atoms with Gasteiger partial charge in [-0.1, -0.05) is 59.6 Å². The van der Waals surface area contributed by atoms with Crippen molar-refractivity contribution in [1.82, 2.24) is 0 Å². The zero-order chi connectivity index (χ0) is 22.4. The molecule has 2 atom stereocenters. The standard InChI is InChI=1S/C24H24Cl2N2O3/c1-28(15-17-10-7-11-21(30-2)23(17)31-3)22(16-8-5-4-6-9-16)24(29)27-20-13-18(25)12-19(26)14-20/h4-14,22H,15H2,1-3H3,(H,27,29)/p+1/t22-/m1/s1. The van der Waals surface area contributed by atoms with Crippen molar-refractivity contribution in [1.29, 1.82) is 0 Å². The summed E-state index contributed by atoms with van der Waals surface area (Å²) in [5.41, 5.74) is 2.39. The molecular weight excluding hydrogens is 435 g/mol. The number of hydrogen-bond acceptors (Lipinski definition) is 3. The monoisotopic (exact) mass is 459 g/mol. The van der Waals surface area contributed by atoms with Gasteiger partial charge >= 0.3 is 0 Å². The number of quaternary nitrogens is 1. The summed E-state index contributed by atoms with van der Waals surface area (Å²) in [5, 5.41) is 3.87. The van der Waals surface area contributed by atoms with Crippen molar-refractivity contribution in [3.8, 4) is 11.5 Å². The van der Waals surface area contributed by atoms with Crippen LogP contribution in [0.5, 0.6) is 11.5 Å². The molecule has 0 spiro atoms. The number of nitrogens with one attached hydrogen (secondary N) is 2. The second-order valence-corrected chi connectivity index (χ2v) is 8.04. The summed E-state index contributed by atoms with van der Waals surface area (Å²) in [6, 6.07) is 19.9. The van der Waals surface area contributed by atoms with Gasteiger partial charge in [0.25, 0.3) is 5.91 Å². The van der Waals surface area contributed by atoms with Crippen LogP contribution in [-0.4, -0.2) is 27.2 Å². The smallest absolute Gasteiger partial charge is 0.287 e. The van der Waals surface area contributed by atoms with Crippen LogP contribution in [-0.2, 0) is 11.3 Å². The first kappa shape index (κ1) is 22.9. The molecule has 2 N–H and O–H groups in total. The van der Waals surface area contributed by atoms with Crippen LogP contribution in [0, 0.1) is 0 Å². The summed E-state index contributed by atoms with van der Waals surface area (Å²) >= 11 is 12.2. The van der Waals surface area contributed by atoms with E-state index >= 15 is 0 Å². The first-order chi connectivity index (χ1) is 14.9. The Morgan fingerprint density at radius 3 is 2.26 bits per heavy atom. The summed E-state index contributed by atoms with van der Waals surface area (Å²) in [7, 11) is 5.19. The van der Waals surface area contributed by atoms with Gasteiger partial charge in [-0.25, -0.2) is 0 Å². The van der Waals surface area contributed by atoms with Crippen LogP contribution in [0.3, 0.4) is 0 Å². The number of rotatable bonds is 8. The first-order valence-electron chi connectivity index (χ1n) is 9.77. The van der Waals surface area contributed by atoms with E-state index in [0.717, 1.165) is 16.0 Å². The predicted octanol–water partition coefficient (Wildman–Crippen LogP) is 4.41. The van der Waals surface area contributed by atoms with Crippen LogP contribution in [0.2, 0.25) is 10.0 Å². The third kappa shape index (κ3) is 5.70. The number of benzene rings is 3. The molecule has 0 bridgehead atoms. The third-order valence-corrected chi connectivity index (χ3v) is 5.41. The number of amides is 1. The van der Waals surface area contributed by atoms with E-state index in [1.165, 1.54) is 0 Å². The average Bonchev–Trinajstić information content (AvgIpc) is 2.73. The summed E-state index contributed by atoms with van der Waals surface area (Å²) in [4.78, 5) is 14.3. The van der Waals surface area contributed by atoms with Crippen molar-refractivity contribution in [3.05, 3.63) is 87.9 Å². The minimum absolute atomic E-state index is 0.163. The molecule has 0 saturated heterocycles. The van der Waals surface area contributed by atoms with Gasteiger partial charge < -0.3 is 19.7 Å². The molecule has 1 unspecified atom stereocenters. The lowest BCUT2D eigenvalue weighted by Gasteiger charge is -2.25. The maximum atomic E-state index is 13.4. The van der Waals surface area contributed by atoms with Crippen molar-refractivity contribution < 1.29 is 19.2 Å². The lowest BCUT2D eigenvalue weighted by Crippen LogP contribution is -3.09. The molecule has 3 aromatic carbocycles. The Labute approximate surface area is 192 Å². The number of halogens is 2. The number of methoxy groups -OCH3 is 2. The topological polar surface area (TPSA) is 52.0 Å². The van der Waals surface area contributed by atoms with Crippen LogP contribution in [0.15, 0.2) is 66.7 Å². The average molecular weight is 460 g/mol. The highest BCUT2D eigenvalue weighted by Crippen LogP contribution is 2.30. The Kier molecular flexibility index (Phi) is 7.80. The van der Waals surface area contributed by atoms with Crippen molar-refractivity contribution >= 4 is 34.8 Å². The van der Waals surface area contributed by atoms with Crippen LogP contribution < -0.4 is 19.7 Å². The predicted molar refractivity (Wildman–Crippen MR) is 124 cm³/mol. The minimum Gasteiger partial charge on any atom is -0.493 e. The van der Waals surface area contributed by atoms with E-state index < -0.39 is 6.04 Å². The fraction of sp³-hybridized carbons (Fsp3) is 0.208. The van der Waals surface area contributed by atoms with Gasteiger partial charge in [-0.2, -0.15) is 0 Å². The lowest BCUT2D eigenvalue weighted by molar-refractivity contribution is -0.915. The van der Waals surface area contributed by atoms with E-state index in [2.05, 4.69) is 5.32 Å². The van der Waals surface area contributed by atoms with Crippen LogP contribution >= 0.6 is 23.2 Å². The molecule has 1 amide bonds. The highest BCUT2D eigenvalue weighted by Gasteiger charge is 2.30. The van der Waals surface area contributed by atoms with E-state index in [0.29, 0.717) is 33.8 Å². The number of hydrogen-bond donors (Lipinski definition) is 2. The molecule has 0 radical (unpaired) electrons. The number of carbonyl (C=O) groups is 1. The second kappa shape index (κ2) is 10.5. The minimum atomic E-state index is -0.477. The Morgan fingerprint density at radius 2 is 1.65 bits per heavy atom. The summed E-state index contributed by atoms with van der Waals surface area (Å²) < 4.78 is 11.0. The number of carbonyl (C=O) groups excluding carboxylic acids is 1. The van der Waals surface area contributed by atoms with E-state index in [-0.39, 0.29) is 5.91 Å². The Balaban J connectivity index is 1.91. The number of para-hydroxylation sites is 1. The second-order valence-electron chi connectivity index (χ2n) is 7.17. The van der Waals surface area contributed by atoms with Crippen molar-refractivity contribution in [2.45, 2.75) is 12.6 Å². The molecule has 5 nitrogen and oxygen atoms in total. The highest BCUT2D eigenvalue weighted by molar-refractivity contribution is 6.35. The molecule has 0 aliphatic carbocycles. The van der Waals surface area contributed by atoms with Crippen LogP contribution in [0.25, 0.3) is 0 Å². The molecule has 0 aliphatic heterocycles. The lowest BCUT2D eigenvalue weighted by atomic mass is 10.0. The maximum absolute atomic E-state index is 13.4. The SMILES string of the molecule is COc1cccc(C[NH+](C)[C@@H](C(=O)Nc2cc(Cl)cc(Cl)c2)c2ccccc2)c1OC. The molecule has 0 saturated carbocycles. The van der Waals surface area contributed by atoms with E-state index in [9.17, 15) is 4.79 Å². The van der Waals surface area contributed by atoms with E-state index in [1.807, 2.05) is 55.6 Å². The summed E-state index contributed by atoms with van der Waals surface area (Å²) in [6.45, 7) is 0.545. The van der Waals surface area contributed by atoms with Crippen molar-refractivity contribution in [2.75, 3.05) is 26.6 Å². The molecule has 0 fully saturated rings. The van der Waals surface area contributed by atoms with Gasteiger partial charge in [-0.05, 0) is 30.3 Å². The number of anilines is 1. The highest BCUT2D eigenvalue weighted by atomic mass is 35.5. The van der Waals surface area contributed by atoms with Gasteiger partial charge in [0, 0.05) is 21.3 Å². The van der Waals surface area contributed by atoms with Crippen molar-refractivity contribution in [3.63, 3.8) is 0 Å². The van der Waals surface area contributed by atoms with Gasteiger partial charge in [-0.3, -0.25) is 4.79 Å². The molecule has 3 aromatic rings. The fourth-order valence-electron chi connectivity index (χ4n) is 3.64. The Morgan fingerprint density at radius 1 is 0.968 bits per heavy atom. The molecular formula is C24H25Cl2N2O3+. The molecule has 0 aromatic heterocycles. The van der Waals surface area contributed by atoms with Crippen molar-refractivity contribution in [2.24, 2.45) is 0 Å². The quantitative estimate of drug-likeness (QED) is 0.524. The van der Waals surface area contributed by atoms with Gasteiger partial charge in [0.2, 0.25) is 0 Å². The van der Waals surface area contributed by atoms with Gasteiger partial charge in [0.05, 0.1) is 26.8 Å².